The maximum absolute atomic E-state index is 11.8. The molecule has 118 valence electrons. The predicted molar refractivity (Wildman–Crippen MR) is 85.9 cm³/mol. The number of amides is 1. The van der Waals surface area contributed by atoms with Crippen LogP contribution in [0.5, 0.6) is 5.75 Å². The molecule has 6 heteroatoms. The summed E-state index contributed by atoms with van der Waals surface area (Å²) in [5, 5.41) is 15.0. The minimum atomic E-state index is -1.03. The third-order valence-electron chi connectivity index (χ3n) is 3.13. The molecule has 1 atom stereocenters. The third kappa shape index (κ3) is 5.13. The number of carbonyl (C=O) groups excluding carboxylic acids is 1. The first kappa shape index (κ1) is 16.5. The van der Waals surface area contributed by atoms with E-state index in [1.54, 1.807) is 25.4 Å². The monoisotopic (exact) mass is 320 g/mol. The molecular formula is C16H20N2O3S. The summed E-state index contributed by atoms with van der Waals surface area (Å²) >= 11 is 1.47. The van der Waals surface area contributed by atoms with Gasteiger partial charge in [0.2, 0.25) is 5.91 Å². The van der Waals surface area contributed by atoms with Crippen LogP contribution in [0.15, 0.2) is 42.0 Å². The van der Waals surface area contributed by atoms with Crippen molar-refractivity contribution >= 4 is 17.2 Å². The van der Waals surface area contributed by atoms with Crippen molar-refractivity contribution in [3.05, 3.63) is 46.9 Å². The highest BCUT2D eigenvalue weighted by molar-refractivity contribution is 7.10. The molecule has 2 aromatic heterocycles. The quantitative estimate of drug-likeness (QED) is 0.732. The molecule has 5 nitrogen and oxygen atoms in total. The van der Waals surface area contributed by atoms with Gasteiger partial charge >= 0.3 is 0 Å². The van der Waals surface area contributed by atoms with Crippen LogP contribution in [-0.2, 0) is 10.4 Å². The van der Waals surface area contributed by atoms with Gasteiger partial charge in [0, 0.05) is 17.5 Å². The number of thiophene rings is 1. The fraction of sp³-hybridized carbons (Fsp3) is 0.375. The molecule has 2 rings (SSSR count). The number of nitrogens with zero attached hydrogens (tertiary/aromatic N) is 1. The number of rotatable bonds is 8. The first-order valence-corrected chi connectivity index (χ1v) is 8.02. The van der Waals surface area contributed by atoms with E-state index in [1.807, 2.05) is 23.6 Å². The number of hydrogen-bond acceptors (Lipinski definition) is 5. The second-order valence-corrected chi connectivity index (χ2v) is 6.12. The summed E-state index contributed by atoms with van der Waals surface area (Å²) in [4.78, 5) is 16.6. The van der Waals surface area contributed by atoms with Gasteiger partial charge in [-0.25, -0.2) is 0 Å². The SMILES string of the molecule is CC(O)(CNC(=O)CCCOc1cccnc1)c1cccs1. The lowest BCUT2D eigenvalue weighted by Gasteiger charge is -2.22. The Labute approximate surface area is 134 Å². The number of aromatic nitrogens is 1. The molecule has 0 radical (unpaired) electrons. The zero-order valence-electron chi connectivity index (χ0n) is 12.5. The van der Waals surface area contributed by atoms with E-state index in [4.69, 9.17) is 4.74 Å². The van der Waals surface area contributed by atoms with E-state index in [0.717, 1.165) is 4.88 Å². The number of nitrogens with one attached hydrogen (secondary N) is 1. The van der Waals surface area contributed by atoms with Crippen LogP contribution in [0.4, 0.5) is 0 Å². The highest BCUT2D eigenvalue weighted by Crippen LogP contribution is 2.24. The summed E-state index contributed by atoms with van der Waals surface area (Å²) in [6.07, 6.45) is 4.29. The van der Waals surface area contributed by atoms with Crippen LogP contribution in [0.2, 0.25) is 0 Å². The van der Waals surface area contributed by atoms with E-state index >= 15 is 0 Å². The molecule has 0 aromatic carbocycles. The van der Waals surface area contributed by atoms with Gasteiger partial charge in [-0.1, -0.05) is 6.07 Å². The van der Waals surface area contributed by atoms with Crippen LogP contribution in [0, 0.1) is 0 Å². The average Bonchev–Trinajstić information content (AvgIpc) is 3.06. The summed E-state index contributed by atoms with van der Waals surface area (Å²) < 4.78 is 5.47. The number of carbonyl (C=O) groups is 1. The molecule has 2 N–H and O–H groups in total. The van der Waals surface area contributed by atoms with Crippen molar-refractivity contribution in [3.63, 3.8) is 0 Å². The summed E-state index contributed by atoms with van der Waals surface area (Å²) in [6, 6.07) is 7.37. The largest absolute Gasteiger partial charge is 0.492 e. The normalized spacial score (nSPS) is 13.4. The van der Waals surface area contributed by atoms with Crippen molar-refractivity contribution in [2.45, 2.75) is 25.4 Å². The van der Waals surface area contributed by atoms with Crippen LogP contribution >= 0.6 is 11.3 Å². The molecule has 0 bridgehead atoms. The Morgan fingerprint density at radius 1 is 1.45 bits per heavy atom. The molecule has 0 aliphatic heterocycles. The van der Waals surface area contributed by atoms with Gasteiger partial charge in [-0.3, -0.25) is 9.78 Å². The number of ether oxygens (including phenoxy) is 1. The van der Waals surface area contributed by atoms with E-state index in [1.165, 1.54) is 11.3 Å². The molecule has 22 heavy (non-hydrogen) atoms. The molecule has 0 spiro atoms. The number of pyridine rings is 1. The molecular weight excluding hydrogens is 300 g/mol. The van der Waals surface area contributed by atoms with Crippen LogP contribution in [0.1, 0.15) is 24.6 Å². The van der Waals surface area contributed by atoms with Crippen LogP contribution in [0.3, 0.4) is 0 Å². The van der Waals surface area contributed by atoms with E-state index in [-0.39, 0.29) is 12.5 Å². The lowest BCUT2D eigenvalue weighted by atomic mass is 10.1. The summed E-state index contributed by atoms with van der Waals surface area (Å²) in [5.41, 5.74) is -1.03. The van der Waals surface area contributed by atoms with Gasteiger partial charge in [0.25, 0.3) is 0 Å². The molecule has 2 heterocycles. The van der Waals surface area contributed by atoms with Crippen molar-refractivity contribution in [1.82, 2.24) is 10.3 Å². The smallest absolute Gasteiger partial charge is 0.220 e. The number of aliphatic hydroxyl groups is 1. The molecule has 2 aromatic rings. The molecule has 0 fully saturated rings. The van der Waals surface area contributed by atoms with Gasteiger partial charge in [0.05, 0.1) is 19.3 Å². The first-order valence-electron chi connectivity index (χ1n) is 7.14. The first-order chi connectivity index (χ1) is 10.6. The van der Waals surface area contributed by atoms with Crippen molar-refractivity contribution in [1.29, 1.82) is 0 Å². The molecule has 0 aliphatic rings. The lowest BCUT2D eigenvalue weighted by Crippen LogP contribution is -2.38. The van der Waals surface area contributed by atoms with E-state index in [0.29, 0.717) is 25.2 Å². The summed E-state index contributed by atoms with van der Waals surface area (Å²) in [5.74, 6) is 0.607. The zero-order valence-corrected chi connectivity index (χ0v) is 13.3. The second-order valence-electron chi connectivity index (χ2n) is 5.17. The maximum atomic E-state index is 11.8. The topological polar surface area (TPSA) is 71.5 Å². The summed E-state index contributed by atoms with van der Waals surface area (Å²) in [6.45, 7) is 2.36. The average molecular weight is 320 g/mol. The Bertz CT molecular complexity index is 570. The fourth-order valence-corrected chi connectivity index (χ4v) is 2.67. The summed E-state index contributed by atoms with van der Waals surface area (Å²) in [7, 11) is 0. The number of hydrogen-bond donors (Lipinski definition) is 2. The fourth-order valence-electron chi connectivity index (χ4n) is 1.89. The molecule has 0 saturated carbocycles. The van der Waals surface area contributed by atoms with Crippen molar-refractivity contribution in [3.8, 4) is 5.75 Å². The van der Waals surface area contributed by atoms with Crippen LogP contribution < -0.4 is 10.1 Å². The molecule has 0 saturated heterocycles. The van der Waals surface area contributed by atoms with Crippen LogP contribution in [0.25, 0.3) is 0 Å². The maximum Gasteiger partial charge on any atom is 0.220 e. The Kier molecular flexibility index (Phi) is 5.91. The molecule has 1 unspecified atom stereocenters. The Hall–Kier alpha value is -1.92. The highest BCUT2D eigenvalue weighted by atomic mass is 32.1. The van der Waals surface area contributed by atoms with Gasteiger partial charge in [-0.2, -0.15) is 0 Å². The van der Waals surface area contributed by atoms with E-state index in [2.05, 4.69) is 10.3 Å². The lowest BCUT2D eigenvalue weighted by molar-refractivity contribution is -0.122. The van der Waals surface area contributed by atoms with Gasteiger partial charge in [0.1, 0.15) is 11.4 Å². The van der Waals surface area contributed by atoms with E-state index in [9.17, 15) is 9.90 Å². The predicted octanol–water partition coefficient (Wildman–Crippen LogP) is 2.33. The zero-order chi connectivity index (χ0) is 15.8. The van der Waals surface area contributed by atoms with Gasteiger partial charge in [-0.15, -0.1) is 11.3 Å². The Morgan fingerprint density at radius 3 is 3.00 bits per heavy atom. The van der Waals surface area contributed by atoms with E-state index < -0.39 is 5.60 Å². The third-order valence-corrected chi connectivity index (χ3v) is 4.26. The molecule has 1 amide bonds. The minimum absolute atomic E-state index is 0.0911. The minimum Gasteiger partial charge on any atom is -0.492 e. The van der Waals surface area contributed by atoms with Gasteiger partial charge in [0.15, 0.2) is 0 Å². The van der Waals surface area contributed by atoms with Crippen molar-refractivity contribution in [2.75, 3.05) is 13.2 Å². The van der Waals surface area contributed by atoms with Crippen molar-refractivity contribution in [2.24, 2.45) is 0 Å². The standard InChI is InChI=1S/C16H20N2O3S/c1-16(20,14-6-4-10-22-14)12-18-15(19)7-3-9-21-13-5-2-8-17-11-13/h2,4-6,8,10-11,20H,3,7,9,12H2,1H3,(H,18,19). The van der Waals surface area contributed by atoms with Gasteiger partial charge in [-0.05, 0) is 36.9 Å². The Morgan fingerprint density at radius 2 is 2.32 bits per heavy atom. The molecule has 0 aliphatic carbocycles. The van der Waals surface area contributed by atoms with Gasteiger partial charge < -0.3 is 15.2 Å². The Balaban J connectivity index is 1.64. The highest BCUT2D eigenvalue weighted by Gasteiger charge is 2.24. The second kappa shape index (κ2) is 7.91. The van der Waals surface area contributed by atoms with Crippen molar-refractivity contribution < 1.29 is 14.6 Å². The van der Waals surface area contributed by atoms with Crippen LogP contribution in [-0.4, -0.2) is 29.1 Å².